The number of aliphatic carboxylic acids is 1. The molecule has 0 saturated carbocycles. The van der Waals surface area contributed by atoms with E-state index in [0.717, 1.165) is 25.7 Å². The number of allylic oxidation sites excluding steroid dienone is 4. The highest BCUT2D eigenvalue weighted by molar-refractivity contribution is 5.67. The fourth-order valence-corrected chi connectivity index (χ4v) is 2.16. The highest BCUT2D eigenvalue weighted by atomic mass is 16.4. The molecule has 0 aromatic heterocycles. The van der Waals surface area contributed by atoms with Crippen LogP contribution in [0.4, 0.5) is 0 Å². The summed E-state index contributed by atoms with van der Waals surface area (Å²) in [6.07, 6.45) is 18.9. The Bertz CT molecular complexity index is 295. The maximum absolute atomic E-state index is 10.4. The van der Waals surface area contributed by atoms with E-state index in [9.17, 15) is 9.90 Å². The Morgan fingerprint density at radius 2 is 1.52 bits per heavy atom. The van der Waals surface area contributed by atoms with Gasteiger partial charge in [-0.15, -0.1) is 0 Å². The van der Waals surface area contributed by atoms with Crippen LogP contribution in [-0.4, -0.2) is 22.3 Å². The quantitative estimate of drug-likeness (QED) is 0.355. The van der Waals surface area contributed by atoms with Crippen LogP contribution in [0.2, 0.25) is 0 Å². The van der Waals surface area contributed by atoms with E-state index < -0.39 is 12.1 Å². The number of carboxylic acid groups (broad SMARTS) is 1. The molecular weight excluding hydrogens is 264 g/mol. The Hall–Kier alpha value is -1.09. The first-order chi connectivity index (χ1) is 10.2. The van der Waals surface area contributed by atoms with Gasteiger partial charge in [0.1, 0.15) is 0 Å². The minimum Gasteiger partial charge on any atom is -0.481 e. The Kier molecular flexibility index (Phi) is 14.5. The maximum Gasteiger partial charge on any atom is 0.305 e. The molecule has 0 spiro atoms. The average molecular weight is 296 g/mol. The van der Waals surface area contributed by atoms with Gasteiger partial charge in [0.15, 0.2) is 0 Å². The number of carboxylic acids is 1. The molecule has 3 nitrogen and oxygen atoms in total. The van der Waals surface area contributed by atoms with Gasteiger partial charge in [-0.2, -0.15) is 0 Å². The number of hydrogen-bond acceptors (Lipinski definition) is 2. The highest BCUT2D eigenvalue weighted by Gasteiger charge is 2.08. The van der Waals surface area contributed by atoms with Crippen molar-refractivity contribution >= 4 is 5.97 Å². The lowest BCUT2D eigenvalue weighted by molar-refractivity contribution is -0.139. The van der Waals surface area contributed by atoms with Crippen molar-refractivity contribution in [3.05, 3.63) is 24.3 Å². The van der Waals surface area contributed by atoms with Crippen molar-refractivity contribution in [2.24, 2.45) is 0 Å². The highest BCUT2D eigenvalue weighted by Crippen LogP contribution is 2.08. The molecule has 0 aliphatic heterocycles. The molecule has 2 N–H and O–H groups in total. The van der Waals surface area contributed by atoms with E-state index in [2.05, 4.69) is 31.2 Å². The van der Waals surface area contributed by atoms with E-state index in [0.29, 0.717) is 6.42 Å². The van der Waals surface area contributed by atoms with Gasteiger partial charge in [0.2, 0.25) is 0 Å². The maximum atomic E-state index is 10.4. The summed E-state index contributed by atoms with van der Waals surface area (Å²) in [5.41, 5.74) is 0. The third-order valence-electron chi connectivity index (χ3n) is 3.43. The van der Waals surface area contributed by atoms with Crippen LogP contribution >= 0.6 is 0 Å². The lowest BCUT2D eigenvalue weighted by Crippen LogP contribution is -2.12. The fraction of sp³-hybridized carbons (Fsp3) is 0.722. The van der Waals surface area contributed by atoms with Gasteiger partial charge < -0.3 is 10.2 Å². The molecule has 0 aliphatic carbocycles. The van der Waals surface area contributed by atoms with Gasteiger partial charge in [-0.25, -0.2) is 0 Å². The molecule has 0 rings (SSSR count). The van der Waals surface area contributed by atoms with Crippen LogP contribution in [0.3, 0.4) is 0 Å². The van der Waals surface area contributed by atoms with E-state index in [4.69, 9.17) is 5.11 Å². The second-order valence-electron chi connectivity index (χ2n) is 5.60. The first-order valence-electron chi connectivity index (χ1n) is 8.38. The molecule has 0 unspecified atom stereocenters. The SMILES string of the molecule is CCCCCC/C=C/C=C\CCCCC[C@H](O)CC(=O)O. The molecule has 0 saturated heterocycles. The zero-order valence-corrected chi connectivity index (χ0v) is 13.5. The normalized spacial score (nSPS) is 13.2. The number of hydrogen-bond donors (Lipinski definition) is 2. The molecular formula is C18H32O3. The van der Waals surface area contributed by atoms with Gasteiger partial charge in [0.25, 0.3) is 0 Å². The van der Waals surface area contributed by atoms with E-state index in [1.165, 1.54) is 32.1 Å². The predicted octanol–water partition coefficient (Wildman–Crippen LogP) is 4.86. The summed E-state index contributed by atoms with van der Waals surface area (Å²) in [7, 11) is 0. The first-order valence-corrected chi connectivity index (χ1v) is 8.38. The minimum atomic E-state index is -0.924. The molecule has 0 aliphatic rings. The van der Waals surface area contributed by atoms with Crippen molar-refractivity contribution in [2.75, 3.05) is 0 Å². The standard InChI is InChI=1S/C18H32O3/c1-2-3-4-5-6-7-8-9-10-11-12-13-14-15-17(19)16-18(20)21/h7-10,17,19H,2-6,11-16H2,1H3,(H,20,21)/b8-7+,10-9-/t17-/m0/s1. The molecule has 0 amide bonds. The summed E-state index contributed by atoms with van der Waals surface area (Å²) >= 11 is 0. The lowest BCUT2D eigenvalue weighted by atomic mass is 10.1. The van der Waals surface area contributed by atoms with Crippen LogP contribution < -0.4 is 0 Å². The van der Waals surface area contributed by atoms with Crippen LogP contribution in [0.5, 0.6) is 0 Å². The van der Waals surface area contributed by atoms with Crippen molar-refractivity contribution in [1.82, 2.24) is 0 Å². The molecule has 0 aromatic rings. The second kappa shape index (κ2) is 15.3. The van der Waals surface area contributed by atoms with Gasteiger partial charge in [-0.3, -0.25) is 4.79 Å². The van der Waals surface area contributed by atoms with Gasteiger partial charge in [0, 0.05) is 0 Å². The van der Waals surface area contributed by atoms with E-state index in [1.54, 1.807) is 0 Å². The molecule has 0 bridgehead atoms. The zero-order valence-electron chi connectivity index (χ0n) is 13.5. The van der Waals surface area contributed by atoms with Gasteiger partial charge in [-0.05, 0) is 32.1 Å². The Morgan fingerprint density at radius 3 is 2.05 bits per heavy atom. The molecule has 0 heterocycles. The van der Waals surface area contributed by atoms with Crippen molar-refractivity contribution in [2.45, 2.75) is 83.7 Å². The largest absolute Gasteiger partial charge is 0.481 e. The molecule has 3 heteroatoms. The summed E-state index contributed by atoms with van der Waals surface area (Å²) in [5, 5.41) is 17.9. The Labute approximate surface area is 129 Å². The molecule has 1 atom stereocenters. The number of aliphatic hydroxyl groups is 1. The van der Waals surface area contributed by atoms with E-state index in [1.807, 2.05) is 0 Å². The summed E-state index contributed by atoms with van der Waals surface area (Å²) in [4.78, 5) is 10.4. The topological polar surface area (TPSA) is 57.5 Å². The number of unbranched alkanes of at least 4 members (excludes halogenated alkanes) is 7. The predicted molar refractivity (Wildman–Crippen MR) is 88.4 cm³/mol. The summed E-state index contributed by atoms with van der Waals surface area (Å²) in [6.45, 7) is 2.23. The first kappa shape index (κ1) is 19.9. The number of aliphatic hydroxyl groups excluding tert-OH is 1. The third kappa shape index (κ3) is 16.9. The molecule has 21 heavy (non-hydrogen) atoms. The van der Waals surface area contributed by atoms with Crippen molar-refractivity contribution in [1.29, 1.82) is 0 Å². The fourth-order valence-electron chi connectivity index (χ4n) is 2.16. The number of rotatable bonds is 14. The van der Waals surface area contributed by atoms with Crippen LogP contribution in [0.25, 0.3) is 0 Å². The monoisotopic (exact) mass is 296 g/mol. The van der Waals surface area contributed by atoms with E-state index >= 15 is 0 Å². The number of carbonyl (C=O) groups is 1. The van der Waals surface area contributed by atoms with Crippen molar-refractivity contribution < 1.29 is 15.0 Å². The van der Waals surface area contributed by atoms with Crippen molar-refractivity contribution in [3.8, 4) is 0 Å². The molecule has 0 fully saturated rings. The van der Waals surface area contributed by atoms with E-state index in [-0.39, 0.29) is 6.42 Å². The average Bonchev–Trinajstić information content (AvgIpc) is 2.43. The second-order valence-corrected chi connectivity index (χ2v) is 5.60. The Morgan fingerprint density at radius 1 is 0.952 bits per heavy atom. The van der Waals surface area contributed by atoms with Crippen LogP contribution in [0.15, 0.2) is 24.3 Å². The smallest absolute Gasteiger partial charge is 0.305 e. The van der Waals surface area contributed by atoms with Crippen LogP contribution in [-0.2, 0) is 4.79 Å². The molecule has 0 aromatic carbocycles. The molecule has 122 valence electrons. The summed E-state index contributed by atoms with van der Waals surface area (Å²) < 4.78 is 0. The zero-order chi connectivity index (χ0) is 15.8. The van der Waals surface area contributed by atoms with Gasteiger partial charge in [-0.1, -0.05) is 63.3 Å². The van der Waals surface area contributed by atoms with Crippen LogP contribution in [0.1, 0.15) is 77.6 Å². The van der Waals surface area contributed by atoms with Crippen LogP contribution in [0, 0.1) is 0 Å². The van der Waals surface area contributed by atoms with Gasteiger partial charge >= 0.3 is 5.97 Å². The summed E-state index contributed by atoms with van der Waals surface area (Å²) in [6, 6.07) is 0. The Balaban J connectivity index is 3.32. The summed E-state index contributed by atoms with van der Waals surface area (Å²) in [5.74, 6) is -0.924. The lowest BCUT2D eigenvalue weighted by Gasteiger charge is -2.06. The third-order valence-corrected chi connectivity index (χ3v) is 3.43. The molecule has 0 radical (unpaired) electrons. The van der Waals surface area contributed by atoms with Gasteiger partial charge in [0.05, 0.1) is 12.5 Å². The minimum absolute atomic E-state index is 0.136. The van der Waals surface area contributed by atoms with Crippen molar-refractivity contribution in [3.63, 3.8) is 0 Å².